The summed E-state index contributed by atoms with van der Waals surface area (Å²) in [5.74, 6) is -0.0174. The summed E-state index contributed by atoms with van der Waals surface area (Å²) in [6.07, 6.45) is -2.04. The fraction of sp³-hybridized carbons (Fsp3) is 0.480. The lowest BCUT2D eigenvalue weighted by Crippen LogP contribution is -2.36. The first-order valence-electron chi connectivity index (χ1n) is 10.5. The van der Waals surface area contributed by atoms with Crippen molar-refractivity contribution in [3.63, 3.8) is 0 Å². The van der Waals surface area contributed by atoms with E-state index < -0.39 is 17.2 Å². The van der Waals surface area contributed by atoms with E-state index >= 15 is 0 Å². The summed E-state index contributed by atoms with van der Waals surface area (Å²) in [7, 11) is 2.09. The van der Waals surface area contributed by atoms with Crippen molar-refractivity contribution in [2.75, 3.05) is 7.05 Å². The molecule has 162 valence electrons. The number of rotatable bonds is 9. The summed E-state index contributed by atoms with van der Waals surface area (Å²) in [4.78, 5) is 2.30. The van der Waals surface area contributed by atoms with Crippen molar-refractivity contribution in [3.8, 4) is 6.07 Å². The van der Waals surface area contributed by atoms with E-state index in [9.17, 15) is 18.4 Å². The zero-order valence-electron chi connectivity index (χ0n) is 18.2. The Morgan fingerprint density at radius 1 is 0.967 bits per heavy atom. The molecule has 2 atom stereocenters. The number of benzene rings is 2. The zero-order chi connectivity index (χ0) is 22.4. The van der Waals surface area contributed by atoms with Crippen molar-refractivity contribution in [1.82, 2.24) is 4.90 Å². The van der Waals surface area contributed by atoms with Gasteiger partial charge in [0.05, 0.1) is 17.0 Å². The molecule has 30 heavy (non-hydrogen) atoms. The molecule has 5 heteroatoms. The standard InChI is InChI=1S/C25H31F3N2/c1-5-23(30(4)17-20-9-7-6-8-10-20)15-16-24(18-29,19(2)3)21-11-13-22(14-12-21)25(26,27)28/h6-14,19,23H,5,15-17H2,1-4H3. The van der Waals surface area contributed by atoms with Crippen LogP contribution in [0.15, 0.2) is 54.6 Å². The number of halogens is 3. The Hall–Kier alpha value is -2.32. The molecule has 0 aliphatic rings. The van der Waals surface area contributed by atoms with E-state index in [1.807, 2.05) is 32.0 Å². The van der Waals surface area contributed by atoms with Gasteiger partial charge in [0.15, 0.2) is 0 Å². The van der Waals surface area contributed by atoms with E-state index in [1.54, 1.807) is 0 Å². The normalized spacial score (nSPS) is 15.1. The average Bonchev–Trinajstić information content (AvgIpc) is 2.71. The first kappa shape index (κ1) is 24.0. The molecule has 2 aromatic rings. The molecule has 0 radical (unpaired) electrons. The lowest BCUT2D eigenvalue weighted by atomic mass is 9.69. The number of nitriles is 1. The minimum Gasteiger partial charge on any atom is -0.299 e. The fourth-order valence-corrected chi connectivity index (χ4v) is 4.10. The van der Waals surface area contributed by atoms with Crippen LogP contribution in [-0.2, 0) is 18.1 Å². The molecule has 0 spiro atoms. The third kappa shape index (κ3) is 5.64. The molecule has 0 saturated heterocycles. The van der Waals surface area contributed by atoms with Gasteiger partial charge in [0.25, 0.3) is 0 Å². The van der Waals surface area contributed by atoms with Crippen LogP contribution < -0.4 is 0 Å². The van der Waals surface area contributed by atoms with Crippen LogP contribution in [0.3, 0.4) is 0 Å². The Labute approximate surface area is 178 Å². The van der Waals surface area contributed by atoms with Crippen LogP contribution in [0.1, 0.15) is 56.7 Å². The lowest BCUT2D eigenvalue weighted by Gasteiger charge is -2.35. The Balaban J connectivity index is 2.20. The van der Waals surface area contributed by atoms with Gasteiger partial charge in [-0.3, -0.25) is 4.90 Å². The second kappa shape index (κ2) is 10.1. The zero-order valence-corrected chi connectivity index (χ0v) is 18.2. The van der Waals surface area contributed by atoms with Gasteiger partial charge >= 0.3 is 6.18 Å². The summed E-state index contributed by atoms with van der Waals surface area (Å²) < 4.78 is 38.9. The maximum absolute atomic E-state index is 13.0. The molecule has 2 nitrogen and oxygen atoms in total. The van der Waals surface area contributed by atoms with Gasteiger partial charge < -0.3 is 0 Å². The Morgan fingerprint density at radius 3 is 2.00 bits per heavy atom. The maximum Gasteiger partial charge on any atom is 0.416 e. The van der Waals surface area contributed by atoms with Gasteiger partial charge in [-0.05, 0) is 55.5 Å². The molecule has 0 bridgehead atoms. The van der Waals surface area contributed by atoms with E-state index in [0.29, 0.717) is 12.0 Å². The number of alkyl halides is 3. The van der Waals surface area contributed by atoms with Crippen molar-refractivity contribution in [1.29, 1.82) is 5.26 Å². The topological polar surface area (TPSA) is 27.0 Å². The van der Waals surface area contributed by atoms with Crippen molar-refractivity contribution < 1.29 is 13.2 Å². The highest BCUT2D eigenvalue weighted by Crippen LogP contribution is 2.39. The summed E-state index contributed by atoms with van der Waals surface area (Å²) >= 11 is 0. The quantitative estimate of drug-likeness (QED) is 0.449. The van der Waals surface area contributed by atoms with Gasteiger partial charge in [-0.15, -0.1) is 0 Å². The number of hydrogen-bond donors (Lipinski definition) is 0. The Bertz CT molecular complexity index is 822. The Kier molecular flexibility index (Phi) is 8.09. The van der Waals surface area contributed by atoms with Gasteiger partial charge in [0.2, 0.25) is 0 Å². The molecule has 2 rings (SSSR count). The smallest absolute Gasteiger partial charge is 0.299 e. The second-order valence-electron chi connectivity index (χ2n) is 8.31. The van der Waals surface area contributed by atoms with Gasteiger partial charge in [-0.1, -0.05) is 63.2 Å². The van der Waals surface area contributed by atoms with Crippen LogP contribution >= 0.6 is 0 Å². The predicted octanol–water partition coefficient (Wildman–Crippen LogP) is 6.81. The molecule has 0 aliphatic carbocycles. The van der Waals surface area contributed by atoms with Crippen LogP contribution in [0.2, 0.25) is 0 Å². The molecular weight excluding hydrogens is 385 g/mol. The van der Waals surface area contributed by atoms with E-state index in [0.717, 1.165) is 31.5 Å². The molecule has 0 fully saturated rings. The molecule has 0 heterocycles. The summed E-state index contributed by atoms with van der Waals surface area (Å²) in [5, 5.41) is 10.1. The molecule has 0 aliphatic heterocycles. The minimum atomic E-state index is -4.38. The highest BCUT2D eigenvalue weighted by Gasteiger charge is 2.38. The lowest BCUT2D eigenvalue weighted by molar-refractivity contribution is -0.137. The molecule has 0 amide bonds. The average molecular weight is 417 g/mol. The molecule has 0 saturated carbocycles. The first-order chi connectivity index (χ1) is 14.1. The highest BCUT2D eigenvalue weighted by atomic mass is 19.4. The van der Waals surface area contributed by atoms with E-state index in [2.05, 4.69) is 37.1 Å². The van der Waals surface area contributed by atoms with Crippen LogP contribution in [-0.4, -0.2) is 18.0 Å². The molecule has 0 aromatic heterocycles. The van der Waals surface area contributed by atoms with E-state index in [-0.39, 0.29) is 12.0 Å². The van der Waals surface area contributed by atoms with Gasteiger partial charge in [0.1, 0.15) is 0 Å². The summed E-state index contributed by atoms with van der Waals surface area (Å²) in [5.41, 5.74) is 0.395. The second-order valence-corrected chi connectivity index (χ2v) is 8.31. The Morgan fingerprint density at radius 2 is 1.53 bits per heavy atom. The van der Waals surface area contributed by atoms with Gasteiger partial charge in [0, 0.05) is 12.6 Å². The number of nitrogens with zero attached hydrogens (tertiary/aromatic N) is 2. The maximum atomic E-state index is 13.0. The van der Waals surface area contributed by atoms with Crippen molar-refractivity contribution in [2.24, 2.45) is 5.92 Å². The first-order valence-corrected chi connectivity index (χ1v) is 10.5. The molecular formula is C25H31F3N2. The van der Waals surface area contributed by atoms with Gasteiger partial charge in [-0.2, -0.15) is 18.4 Å². The summed E-state index contributed by atoms with van der Waals surface area (Å²) in [6, 6.07) is 18.1. The third-order valence-corrected chi connectivity index (χ3v) is 6.15. The van der Waals surface area contributed by atoms with E-state index in [4.69, 9.17) is 0 Å². The van der Waals surface area contributed by atoms with Crippen LogP contribution in [0, 0.1) is 17.2 Å². The van der Waals surface area contributed by atoms with Crippen molar-refractivity contribution in [2.45, 2.75) is 64.2 Å². The summed E-state index contributed by atoms with van der Waals surface area (Å²) in [6.45, 7) is 6.89. The van der Waals surface area contributed by atoms with Crippen LogP contribution in [0.5, 0.6) is 0 Å². The number of hydrogen-bond acceptors (Lipinski definition) is 2. The molecule has 2 unspecified atom stereocenters. The fourth-order valence-electron chi connectivity index (χ4n) is 4.10. The molecule has 2 aromatic carbocycles. The van der Waals surface area contributed by atoms with E-state index in [1.165, 1.54) is 17.7 Å². The van der Waals surface area contributed by atoms with Crippen LogP contribution in [0.4, 0.5) is 13.2 Å². The largest absolute Gasteiger partial charge is 0.416 e. The third-order valence-electron chi connectivity index (χ3n) is 6.15. The monoisotopic (exact) mass is 416 g/mol. The highest BCUT2D eigenvalue weighted by molar-refractivity contribution is 5.36. The van der Waals surface area contributed by atoms with Crippen molar-refractivity contribution in [3.05, 3.63) is 71.3 Å². The SMILES string of the molecule is CCC(CCC(C#N)(c1ccc(C(F)(F)F)cc1)C(C)C)N(C)Cc1ccccc1. The van der Waals surface area contributed by atoms with Crippen LogP contribution in [0.25, 0.3) is 0 Å². The van der Waals surface area contributed by atoms with Crippen molar-refractivity contribution >= 4 is 0 Å². The minimum absolute atomic E-state index is 0.0174. The molecule has 0 N–H and O–H groups in total. The predicted molar refractivity (Wildman–Crippen MR) is 115 cm³/mol. The van der Waals surface area contributed by atoms with Gasteiger partial charge in [-0.25, -0.2) is 0 Å².